The van der Waals surface area contributed by atoms with E-state index in [4.69, 9.17) is 9.47 Å². The molecule has 2 unspecified atom stereocenters. The van der Waals surface area contributed by atoms with Crippen LogP contribution in [0.2, 0.25) is 0 Å². The Hall–Kier alpha value is -1.06. The summed E-state index contributed by atoms with van der Waals surface area (Å²) < 4.78 is 10.4. The quantitative estimate of drug-likeness (QED) is 0.803. The molecule has 2 atom stereocenters. The first kappa shape index (κ1) is 10.5. The van der Waals surface area contributed by atoms with Gasteiger partial charge in [-0.2, -0.15) is 0 Å². The van der Waals surface area contributed by atoms with Crippen LogP contribution in [0.4, 0.5) is 0 Å². The highest BCUT2D eigenvalue weighted by Gasteiger charge is 2.27. The van der Waals surface area contributed by atoms with Crippen LogP contribution in [0.15, 0.2) is 18.2 Å². The fourth-order valence-corrected chi connectivity index (χ4v) is 2.11. The Morgan fingerprint density at radius 2 is 2.13 bits per heavy atom. The molecule has 0 heterocycles. The van der Waals surface area contributed by atoms with Crippen LogP contribution in [0.25, 0.3) is 0 Å². The van der Waals surface area contributed by atoms with Crippen LogP contribution in [0.1, 0.15) is 23.7 Å². The zero-order valence-corrected chi connectivity index (χ0v) is 9.06. The maximum absolute atomic E-state index is 10.1. The van der Waals surface area contributed by atoms with Crippen LogP contribution in [-0.2, 0) is 11.2 Å². The summed E-state index contributed by atoms with van der Waals surface area (Å²) in [6, 6.07) is 5.84. The van der Waals surface area contributed by atoms with Crippen molar-refractivity contribution >= 4 is 0 Å². The first-order chi connectivity index (χ1) is 7.26. The maximum atomic E-state index is 10.1. The molecular formula is C12H16O3. The molecule has 2 rings (SSSR count). The molecule has 82 valence electrons. The number of methoxy groups -OCH3 is 2. The predicted octanol–water partition coefficient (Wildman–Crippen LogP) is 1.69. The Morgan fingerprint density at radius 1 is 1.33 bits per heavy atom. The summed E-state index contributed by atoms with van der Waals surface area (Å²) in [5.74, 6) is 0.782. The summed E-state index contributed by atoms with van der Waals surface area (Å²) in [7, 11) is 3.27. The van der Waals surface area contributed by atoms with Crippen LogP contribution in [0, 0.1) is 0 Å². The van der Waals surface area contributed by atoms with E-state index in [0.29, 0.717) is 0 Å². The molecule has 1 aromatic rings. The SMILES string of the molecule is COc1ccc2c(c1)C(O)C(OC)CC2. The van der Waals surface area contributed by atoms with E-state index >= 15 is 0 Å². The number of hydrogen-bond acceptors (Lipinski definition) is 3. The molecule has 1 aliphatic carbocycles. The van der Waals surface area contributed by atoms with Crippen molar-refractivity contribution in [3.8, 4) is 5.75 Å². The number of aliphatic hydroxyl groups excluding tert-OH is 1. The van der Waals surface area contributed by atoms with Crippen LogP contribution < -0.4 is 4.74 Å². The highest BCUT2D eigenvalue weighted by Crippen LogP contribution is 2.33. The third-order valence-corrected chi connectivity index (χ3v) is 3.02. The molecule has 3 heteroatoms. The zero-order chi connectivity index (χ0) is 10.8. The molecule has 0 amide bonds. The van der Waals surface area contributed by atoms with E-state index in [1.54, 1.807) is 14.2 Å². The van der Waals surface area contributed by atoms with Gasteiger partial charge in [0.05, 0.1) is 13.2 Å². The molecule has 1 aliphatic rings. The summed E-state index contributed by atoms with van der Waals surface area (Å²) in [6.07, 6.45) is 1.20. The Morgan fingerprint density at radius 3 is 2.80 bits per heavy atom. The summed E-state index contributed by atoms with van der Waals surface area (Å²) in [4.78, 5) is 0. The lowest BCUT2D eigenvalue weighted by Crippen LogP contribution is -2.26. The molecule has 3 nitrogen and oxygen atoms in total. The van der Waals surface area contributed by atoms with E-state index < -0.39 is 6.10 Å². The fraction of sp³-hybridized carbons (Fsp3) is 0.500. The van der Waals surface area contributed by atoms with Crippen molar-refractivity contribution in [2.75, 3.05) is 14.2 Å². The topological polar surface area (TPSA) is 38.7 Å². The minimum Gasteiger partial charge on any atom is -0.497 e. The van der Waals surface area contributed by atoms with Crippen LogP contribution in [0.3, 0.4) is 0 Å². The second-order valence-electron chi connectivity index (χ2n) is 3.82. The molecule has 0 aliphatic heterocycles. The Balaban J connectivity index is 2.35. The lowest BCUT2D eigenvalue weighted by atomic mass is 9.87. The molecular weight excluding hydrogens is 192 g/mol. The lowest BCUT2D eigenvalue weighted by molar-refractivity contribution is -0.0237. The number of hydrogen-bond donors (Lipinski definition) is 1. The second-order valence-corrected chi connectivity index (χ2v) is 3.82. The third kappa shape index (κ3) is 1.85. The predicted molar refractivity (Wildman–Crippen MR) is 57.1 cm³/mol. The molecule has 0 spiro atoms. The second kappa shape index (κ2) is 4.21. The maximum Gasteiger partial charge on any atom is 0.119 e. The van der Waals surface area contributed by atoms with Gasteiger partial charge in [0.25, 0.3) is 0 Å². The van der Waals surface area contributed by atoms with Crippen molar-refractivity contribution in [3.05, 3.63) is 29.3 Å². The molecule has 1 aromatic carbocycles. The lowest BCUT2D eigenvalue weighted by Gasteiger charge is -2.29. The normalized spacial score (nSPS) is 24.7. The number of rotatable bonds is 2. The summed E-state index contributed by atoms with van der Waals surface area (Å²) in [6.45, 7) is 0. The molecule has 0 saturated carbocycles. The summed E-state index contributed by atoms with van der Waals surface area (Å²) in [5, 5.41) is 10.1. The van der Waals surface area contributed by atoms with E-state index in [0.717, 1.165) is 24.2 Å². The van der Waals surface area contributed by atoms with Gasteiger partial charge in [-0.3, -0.25) is 0 Å². The molecule has 0 fully saturated rings. The van der Waals surface area contributed by atoms with E-state index in [1.807, 2.05) is 18.2 Å². The van der Waals surface area contributed by atoms with Crippen molar-refractivity contribution < 1.29 is 14.6 Å². The van der Waals surface area contributed by atoms with Crippen molar-refractivity contribution in [1.82, 2.24) is 0 Å². The number of fused-ring (bicyclic) bond motifs is 1. The van der Waals surface area contributed by atoms with Gasteiger partial charge in [0.15, 0.2) is 0 Å². The average Bonchev–Trinajstić information content (AvgIpc) is 2.29. The molecule has 0 aromatic heterocycles. The van der Waals surface area contributed by atoms with Crippen LogP contribution >= 0.6 is 0 Å². The number of ether oxygens (including phenoxy) is 2. The highest BCUT2D eigenvalue weighted by molar-refractivity contribution is 5.39. The van der Waals surface area contributed by atoms with Gasteiger partial charge in [-0.1, -0.05) is 6.07 Å². The van der Waals surface area contributed by atoms with Gasteiger partial charge in [-0.15, -0.1) is 0 Å². The first-order valence-corrected chi connectivity index (χ1v) is 5.14. The Bertz CT molecular complexity index is 349. The largest absolute Gasteiger partial charge is 0.497 e. The molecule has 0 bridgehead atoms. The van der Waals surface area contributed by atoms with Gasteiger partial charge in [0.2, 0.25) is 0 Å². The van der Waals surface area contributed by atoms with Crippen molar-refractivity contribution in [3.63, 3.8) is 0 Å². The molecule has 0 radical (unpaired) electrons. The molecule has 0 saturated heterocycles. The van der Waals surface area contributed by atoms with E-state index in [1.165, 1.54) is 5.56 Å². The van der Waals surface area contributed by atoms with Crippen molar-refractivity contribution in [2.24, 2.45) is 0 Å². The fourth-order valence-electron chi connectivity index (χ4n) is 2.11. The van der Waals surface area contributed by atoms with Gasteiger partial charge < -0.3 is 14.6 Å². The minimum atomic E-state index is -0.533. The van der Waals surface area contributed by atoms with Gasteiger partial charge >= 0.3 is 0 Å². The summed E-state index contributed by atoms with van der Waals surface area (Å²) in [5.41, 5.74) is 2.13. The van der Waals surface area contributed by atoms with Crippen molar-refractivity contribution in [2.45, 2.75) is 25.0 Å². The van der Waals surface area contributed by atoms with Gasteiger partial charge in [-0.25, -0.2) is 0 Å². The number of aliphatic hydroxyl groups is 1. The Kier molecular flexibility index (Phi) is 2.93. The van der Waals surface area contributed by atoms with Gasteiger partial charge in [0, 0.05) is 7.11 Å². The molecule has 1 N–H and O–H groups in total. The average molecular weight is 208 g/mol. The minimum absolute atomic E-state index is 0.0930. The smallest absolute Gasteiger partial charge is 0.119 e. The number of aryl methyl sites for hydroxylation is 1. The summed E-state index contributed by atoms with van der Waals surface area (Å²) >= 11 is 0. The standard InChI is InChI=1S/C12H16O3/c1-14-9-5-3-8-4-6-11(15-2)12(13)10(8)7-9/h3,5,7,11-13H,4,6H2,1-2H3. The van der Waals surface area contributed by atoms with Crippen LogP contribution in [0.5, 0.6) is 5.75 Å². The Labute approximate surface area is 89.6 Å². The highest BCUT2D eigenvalue weighted by atomic mass is 16.5. The van der Waals surface area contributed by atoms with Crippen molar-refractivity contribution in [1.29, 1.82) is 0 Å². The first-order valence-electron chi connectivity index (χ1n) is 5.14. The molecule has 15 heavy (non-hydrogen) atoms. The van der Waals surface area contributed by atoms with Gasteiger partial charge in [-0.05, 0) is 36.1 Å². The van der Waals surface area contributed by atoms with Gasteiger partial charge in [0.1, 0.15) is 11.9 Å². The van der Waals surface area contributed by atoms with Crippen LogP contribution in [-0.4, -0.2) is 25.4 Å². The van der Waals surface area contributed by atoms with E-state index in [2.05, 4.69) is 0 Å². The van der Waals surface area contributed by atoms with E-state index in [9.17, 15) is 5.11 Å². The zero-order valence-electron chi connectivity index (χ0n) is 9.06. The monoisotopic (exact) mass is 208 g/mol. The van der Waals surface area contributed by atoms with E-state index in [-0.39, 0.29) is 6.10 Å². The number of benzene rings is 1. The third-order valence-electron chi connectivity index (χ3n) is 3.02.